The van der Waals surface area contributed by atoms with Crippen LogP contribution in [0.3, 0.4) is 0 Å². The zero-order chi connectivity index (χ0) is 11.1. The second-order valence-electron chi connectivity index (χ2n) is 5.56. The van der Waals surface area contributed by atoms with E-state index < -0.39 is 0 Å². The predicted molar refractivity (Wildman–Crippen MR) is 62.8 cm³/mol. The lowest BCUT2D eigenvalue weighted by atomic mass is 10.0. The monoisotopic (exact) mass is 207 g/mol. The first-order valence-electron chi connectivity index (χ1n) is 5.84. The molecule has 0 spiro atoms. The summed E-state index contributed by atoms with van der Waals surface area (Å²) in [6.45, 7) is 6.54. The van der Waals surface area contributed by atoms with Gasteiger partial charge in [0.15, 0.2) is 0 Å². The van der Waals surface area contributed by atoms with E-state index in [9.17, 15) is 0 Å². The molecule has 15 heavy (non-hydrogen) atoms. The summed E-state index contributed by atoms with van der Waals surface area (Å²) >= 11 is 0. The van der Waals surface area contributed by atoms with E-state index in [0.29, 0.717) is 11.7 Å². The lowest BCUT2D eigenvalue weighted by Crippen LogP contribution is -2.26. The number of rotatable bonds is 1. The van der Waals surface area contributed by atoms with E-state index in [2.05, 4.69) is 36.6 Å². The molecule has 0 atom stereocenters. The molecule has 3 nitrogen and oxygen atoms in total. The van der Waals surface area contributed by atoms with E-state index in [4.69, 9.17) is 5.73 Å². The molecule has 1 saturated carbocycles. The third-order valence-electron chi connectivity index (χ3n) is 3.16. The molecule has 1 heterocycles. The van der Waals surface area contributed by atoms with Crippen LogP contribution < -0.4 is 5.73 Å². The summed E-state index contributed by atoms with van der Waals surface area (Å²) in [6.07, 6.45) is 5.28. The maximum Gasteiger partial charge on any atom is 0.145 e. The molecule has 0 bridgehead atoms. The van der Waals surface area contributed by atoms with Crippen LogP contribution in [0.1, 0.15) is 58.1 Å². The molecule has 0 radical (unpaired) electrons. The van der Waals surface area contributed by atoms with E-state index in [-0.39, 0.29) is 5.54 Å². The van der Waals surface area contributed by atoms with Crippen molar-refractivity contribution in [2.75, 3.05) is 5.73 Å². The Hall–Kier alpha value is -0.990. The third kappa shape index (κ3) is 2.01. The Balaban J connectivity index is 2.37. The van der Waals surface area contributed by atoms with E-state index >= 15 is 0 Å². The largest absolute Gasteiger partial charge is 0.382 e. The number of nitrogens with two attached hydrogens (primary N) is 1. The molecule has 0 aromatic carbocycles. The highest BCUT2D eigenvalue weighted by Crippen LogP contribution is 2.36. The molecular weight excluding hydrogens is 186 g/mol. The van der Waals surface area contributed by atoms with E-state index in [1.54, 1.807) is 0 Å². The van der Waals surface area contributed by atoms with Crippen LogP contribution in [0.2, 0.25) is 0 Å². The smallest absolute Gasteiger partial charge is 0.145 e. The standard InChI is InChI=1S/C12H21N3/c1-12(2,3)15-10(8-11(13)14-15)9-6-4-5-7-9/h8-9H,4-7H2,1-3H3,(H2,13,14). The highest BCUT2D eigenvalue weighted by atomic mass is 15.3. The van der Waals surface area contributed by atoms with Crippen molar-refractivity contribution in [3.8, 4) is 0 Å². The lowest BCUT2D eigenvalue weighted by Gasteiger charge is -2.24. The Kier molecular flexibility index (Phi) is 2.49. The zero-order valence-electron chi connectivity index (χ0n) is 9.95. The molecule has 1 aliphatic carbocycles. The molecule has 3 heteroatoms. The van der Waals surface area contributed by atoms with Crippen LogP contribution in [0.4, 0.5) is 5.82 Å². The molecule has 1 aromatic rings. The maximum absolute atomic E-state index is 5.81. The number of aromatic nitrogens is 2. The second-order valence-corrected chi connectivity index (χ2v) is 5.56. The van der Waals surface area contributed by atoms with Gasteiger partial charge in [0, 0.05) is 17.7 Å². The minimum Gasteiger partial charge on any atom is -0.382 e. The Labute approximate surface area is 91.7 Å². The quantitative estimate of drug-likeness (QED) is 0.769. The van der Waals surface area contributed by atoms with Gasteiger partial charge in [0.05, 0.1) is 5.54 Å². The second kappa shape index (κ2) is 3.54. The normalized spacial score (nSPS) is 18.6. The van der Waals surface area contributed by atoms with E-state index in [1.165, 1.54) is 31.4 Å². The number of nitrogens with zero attached hydrogens (tertiary/aromatic N) is 2. The molecule has 1 aromatic heterocycles. The van der Waals surface area contributed by atoms with Crippen molar-refractivity contribution in [2.24, 2.45) is 0 Å². The summed E-state index contributed by atoms with van der Waals surface area (Å²) in [6, 6.07) is 2.06. The molecule has 0 aliphatic heterocycles. The Bertz CT molecular complexity index is 340. The zero-order valence-corrected chi connectivity index (χ0v) is 9.95. The van der Waals surface area contributed by atoms with Crippen molar-refractivity contribution < 1.29 is 0 Å². The SMILES string of the molecule is CC(C)(C)n1nc(N)cc1C1CCCC1. The molecule has 0 unspecified atom stereocenters. The predicted octanol–water partition coefficient (Wildman–Crippen LogP) is 2.88. The first-order valence-corrected chi connectivity index (χ1v) is 5.84. The molecule has 2 N–H and O–H groups in total. The number of nitrogen functional groups attached to an aromatic ring is 1. The molecule has 1 aliphatic rings. The Morgan fingerprint density at radius 3 is 2.47 bits per heavy atom. The molecule has 1 fully saturated rings. The number of hydrogen-bond acceptors (Lipinski definition) is 2. The van der Waals surface area contributed by atoms with Crippen LogP contribution in [0.15, 0.2) is 6.07 Å². The fraction of sp³-hybridized carbons (Fsp3) is 0.750. The van der Waals surface area contributed by atoms with Gasteiger partial charge in [-0.05, 0) is 33.6 Å². The Morgan fingerprint density at radius 1 is 1.33 bits per heavy atom. The third-order valence-corrected chi connectivity index (χ3v) is 3.16. The van der Waals surface area contributed by atoms with Gasteiger partial charge in [-0.1, -0.05) is 12.8 Å². The van der Waals surface area contributed by atoms with Crippen molar-refractivity contribution in [1.29, 1.82) is 0 Å². The van der Waals surface area contributed by atoms with Gasteiger partial charge in [-0.3, -0.25) is 4.68 Å². The molecule has 0 saturated heterocycles. The van der Waals surface area contributed by atoms with Crippen molar-refractivity contribution >= 4 is 5.82 Å². The minimum absolute atomic E-state index is 0.0372. The van der Waals surface area contributed by atoms with Gasteiger partial charge in [-0.15, -0.1) is 0 Å². The number of anilines is 1. The van der Waals surface area contributed by atoms with Crippen LogP contribution in [0.25, 0.3) is 0 Å². The van der Waals surface area contributed by atoms with Gasteiger partial charge < -0.3 is 5.73 Å². The fourth-order valence-electron chi connectivity index (χ4n) is 2.46. The molecule has 84 valence electrons. The summed E-state index contributed by atoms with van der Waals surface area (Å²) in [4.78, 5) is 0. The van der Waals surface area contributed by atoms with Crippen molar-refractivity contribution in [3.05, 3.63) is 11.8 Å². The summed E-state index contributed by atoms with van der Waals surface area (Å²) in [5, 5.41) is 4.42. The maximum atomic E-state index is 5.81. The lowest BCUT2D eigenvalue weighted by molar-refractivity contribution is 0.336. The van der Waals surface area contributed by atoms with Crippen molar-refractivity contribution in [1.82, 2.24) is 9.78 Å². The highest BCUT2D eigenvalue weighted by molar-refractivity contribution is 5.32. The van der Waals surface area contributed by atoms with Gasteiger partial charge in [-0.2, -0.15) is 5.10 Å². The van der Waals surface area contributed by atoms with Gasteiger partial charge in [0.2, 0.25) is 0 Å². The van der Waals surface area contributed by atoms with Crippen LogP contribution >= 0.6 is 0 Å². The van der Waals surface area contributed by atoms with E-state index in [0.717, 1.165) is 0 Å². The van der Waals surface area contributed by atoms with Crippen LogP contribution in [-0.2, 0) is 5.54 Å². The highest BCUT2D eigenvalue weighted by Gasteiger charge is 2.26. The summed E-state index contributed by atoms with van der Waals surface area (Å²) in [5.41, 5.74) is 7.18. The van der Waals surface area contributed by atoms with Gasteiger partial charge in [0.25, 0.3) is 0 Å². The molecular formula is C12H21N3. The summed E-state index contributed by atoms with van der Waals surface area (Å²) in [7, 11) is 0. The van der Waals surface area contributed by atoms with E-state index in [1.807, 2.05) is 0 Å². The topological polar surface area (TPSA) is 43.8 Å². The Morgan fingerprint density at radius 2 is 1.93 bits per heavy atom. The van der Waals surface area contributed by atoms with Crippen molar-refractivity contribution in [2.45, 2.75) is 57.9 Å². The average molecular weight is 207 g/mol. The van der Waals surface area contributed by atoms with Crippen LogP contribution in [-0.4, -0.2) is 9.78 Å². The van der Waals surface area contributed by atoms with Crippen LogP contribution in [0, 0.1) is 0 Å². The van der Waals surface area contributed by atoms with Crippen molar-refractivity contribution in [3.63, 3.8) is 0 Å². The first kappa shape index (κ1) is 10.5. The van der Waals surface area contributed by atoms with Gasteiger partial charge >= 0.3 is 0 Å². The molecule has 2 rings (SSSR count). The van der Waals surface area contributed by atoms with Gasteiger partial charge in [0.1, 0.15) is 5.82 Å². The number of hydrogen-bond donors (Lipinski definition) is 1. The minimum atomic E-state index is 0.0372. The molecule has 0 amide bonds. The first-order chi connectivity index (χ1) is 6.98. The average Bonchev–Trinajstić information content (AvgIpc) is 2.68. The van der Waals surface area contributed by atoms with Crippen LogP contribution in [0.5, 0.6) is 0 Å². The fourth-order valence-corrected chi connectivity index (χ4v) is 2.46. The van der Waals surface area contributed by atoms with Gasteiger partial charge in [-0.25, -0.2) is 0 Å². The summed E-state index contributed by atoms with van der Waals surface area (Å²) < 4.78 is 2.11. The summed E-state index contributed by atoms with van der Waals surface area (Å²) in [5.74, 6) is 1.33.